The number of halogens is 1. The van der Waals surface area contributed by atoms with Gasteiger partial charge in [0.1, 0.15) is 0 Å². The number of hydrogen-bond acceptors (Lipinski definition) is 3. The highest BCUT2D eigenvalue weighted by molar-refractivity contribution is 5.31. The predicted molar refractivity (Wildman–Crippen MR) is 34.6 cm³/mol. The molecule has 0 aliphatic rings. The zero-order chi connectivity index (χ0) is 7.84. The summed E-state index contributed by atoms with van der Waals surface area (Å²) in [6, 6.07) is 1.19. The lowest BCUT2D eigenvalue weighted by Gasteiger charge is -1.90. The Bertz CT molecular complexity index is 398. The Kier molecular flexibility index (Phi) is 1.06. The van der Waals surface area contributed by atoms with Crippen molar-refractivity contribution in [2.75, 3.05) is 0 Å². The van der Waals surface area contributed by atoms with Gasteiger partial charge in [0.15, 0.2) is 0 Å². The molecule has 0 spiro atoms. The lowest BCUT2D eigenvalue weighted by molar-refractivity contribution is 0.456. The van der Waals surface area contributed by atoms with Crippen LogP contribution in [0.2, 0.25) is 0 Å². The maximum atomic E-state index is 12.8. The first-order chi connectivity index (χ1) is 5.27. The molecule has 4 nitrogen and oxygen atoms in total. The van der Waals surface area contributed by atoms with Gasteiger partial charge >= 0.3 is 0 Å². The number of nitrogens with zero attached hydrogens (tertiary/aromatic N) is 3. The van der Waals surface area contributed by atoms with Gasteiger partial charge in [-0.15, -0.1) is 0 Å². The van der Waals surface area contributed by atoms with Gasteiger partial charge in [0.05, 0.1) is 6.20 Å². The number of aromatic hydroxyl groups is 1. The van der Waals surface area contributed by atoms with Crippen LogP contribution in [-0.2, 0) is 0 Å². The van der Waals surface area contributed by atoms with E-state index in [1.54, 1.807) is 0 Å². The van der Waals surface area contributed by atoms with Gasteiger partial charge < -0.3 is 5.11 Å². The zero-order valence-electron chi connectivity index (χ0n) is 5.40. The Morgan fingerprint density at radius 3 is 3.09 bits per heavy atom. The van der Waals surface area contributed by atoms with Crippen molar-refractivity contribution in [2.24, 2.45) is 0 Å². The standard InChI is InChI=1S/C6H4FN3O/c7-4-1-2-8-6-9-5(11)3-10(4)6/h1-3,11H. The third-order valence-electron chi connectivity index (χ3n) is 1.31. The molecule has 0 bridgehead atoms. The van der Waals surface area contributed by atoms with Crippen molar-refractivity contribution in [3.63, 3.8) is 0 Å². The van der Waals surface area contributed by atoms with E-state index < -0.39 is 5.95 Å². The molecular weight excluding hydrogens is 149 g/mol. The van der Waals surface area contributed by atoms with Crippen molar-refractivity contribution < 1.29 is 9.50 Å². The van der Waals surface area contributed by atoms with Crippen LogP contribution in [0.5, 0.6) is 5.88 Å². The third kappa shape index (κ3) is 0.813. The van der Waals surface area contributed by atoms with Gasteiger partial charge in [-0.3, -0.25) is 4.40 Å². The summed E-state index contributed by atoms with van der Waals surface area (Å²) in [5, 5.41) is 8.84. The first-order valence-electron chi connectivity index (χ1n) is 2.96. The molecule has 0 radical (unpaired) electrons. The van der Waals surface area contributed by atoms with Crippen LogP contribution in [0.25, 0.3) is 5.78 Å². The molecule has 5 heteroatoms. The molecule has 2 heterocycles. The van der Waals surface area contributed by atoms with Crippen molar-refractivity contribution in [3.8, 4) is 5.88 Å². The largest absolute Gasteiger partial charge is 0.492 e. The van der Waals surface area contributed by atoms with Crippen LogP contribution in [-0.4, -0.2) is 19.5 Å². The van der Waals surface area contributed by atoms with E-state index in [4.69, 9.17) is 5.11 Å². The van der Waals surface area contributed by atoms with Crippen LogP contribution >= 0.6 is 0 Å². The van der Waals surface area contributed by atoms with Gasteiger partial charge in [0.25, 0.3) is 0 Å². The summed E-state index contributed by atoms with van der Waals surface area (Å²) in [5.41, 5.74) is 0. The van der Waals surface area contributed by atoms with Gasteiger partial charge in [-0.05, 0) is 0 Å². The third-order valence-corrected chi connectivity index (χ3v) is 1.31. The van der Waals surface area contributed by atoms with Gasteiger partial charge in [0, 0.05) is 12.3 Å². The Labute approximate surface area is 60.9 Å². The monoisotopic (exact) mass is 153 g/mol. The summed E-state index contributed by atoms with van der Waals surface area (Å²) in [7, 11) is 0. The molecule has 2 rings (SSSR count). The summed E-state index contributed by atoms with van der Waals surface area (Å²) in [6.07, 6.45) is 2.45. The second kappa shape index (κ2) is 1.91. The van der Waals surface area contributed by atoms with Crippen molar-refractivity contribution in [1.82, 2.24) is 14.4 Å². The first-order valence-corrected chi connectivity index (χ1v) is 2.96. The molecule has 0 saturated heterocycles. The Hall–Kier alpha value is -1.65. The molecule has 11 heavy (non-hydrogen) atoms. The second-order valence-electron chi connectivity index (χ2n) is 2.04. The fraction of sp³-hybridized carbons (Fsp3) is 0. The number of imidazole rings is 1. The van der Waals surface area contributed by atoms with Gasteiger partial charge in [-0.2, -0.15) is 9.37 Å². The van der Waals surface area contributed by atoms with Crippen LogP contribution in [0.4, 0.5) is 4.39 Å². The molecule has 0 aromatic carbocycles. The highest BCUT2D eigenvalue weighted by Gasteiger charge is 2.02. The molecule has 0 fully saturated rings. The molecule has 2 aromatic heterocycles. The quantitative estimate of drug-likeness (QED) is 0.563. The number of rotatable bonds is 0. The summed E-state index contributed by atoms with van der Waals surface area (Å²) >= 11 is 0. The lowest BCUT2D eigenvalue weighted by Crippen LogP contribution is -1.91. The molecule has 0 amide bonds. The van der Waals surface area contributed by atoms with E-state index >= 15 is 0 Å². The van der Waals surface area contributed by atoms with E-state index in [2.05, 4.69) is 9.97 Å². The smallest absolute Gasteiger partial charge is 0.239 e. The van der Waals surface area contributed by atoms with Gasteiger partial charge in [-0.1, -0.05) is 0 Å². The van der Waals surface area contributed by atoms with Crippen LogP contribution in [0.15, 0.2) is 18.5 Å². The van der Waals surface area contributed by atoms with Crippen LogP contribution in [0.3, 0.4) is 0 Å². The SMILES string of the molecule is Oc1cn2c(F)ccnc2n1. The van der Waals surface area contributed by atoms with Gasteiger partial charge in [-0.25, -0.2) is 4.98 Å². The molecule has 0 unspecified atom stereocenters. The predicted octanol–water partition coefficient (Wildman–Crippen LogP) is 0.574. The average Bonchev–Trinajstić information content (AvgIpc) is 2.31. The summed E-state index contributed by atoms with van der Waals surface area (Å²) < 4.78 is 13.8. The minimum absolute atomic E-state index is 0.155. The number of fused-ring (bicyclic) bond motifs is 1. The Morgan fingerprint density at radius 1 is 1.55 bits per heavy atom. The molecule has 1 N–H and O–H groups in total. The molecule has 0 atom stereocenters. The normalized spacial score (nSPS) is 10.6. The molecular formula is C6H4FN3O. The highest BCUT2D eigenvalue weighted by atomic mass is 19.1. The van der Waals surface area contributed by atoms with Crippen LogP contribution in [0.1, 0.15) is 0 Å². The van der Waals surface area contributed by atoms with Crippen molar-refractivity contribution in [3.05, 3.63) is 24.4 Å². The van der Waals surface area contributed by atoms with Gasteiger partial charge in [0.2, 0.25) is 17.6 Å². The summed E-state index contributed by atoms with van der Waals surface area (Å²) in [6.45, 7) is 0. The summed E-state index contributed by atoms with van der Waals surface area (Å²) in [5.74, 6) is -0.576. The number of aromatic nitrogens is 3. The Balaban J connectivity index is 2.90. The van der Waals surface area contributed by atoms with E-state index in [1.807, 2.05) is 0 Å². The van der Waals surface area contributed by atoms with Crippen LogP contribution in [0, 0.1) is 5.95 Å². The fourth-order valence-corrected chi connectivity index (χ4v) is 0.852. The second-order valence-corrected chi connectivity index (χ2v) is 2.04. The minimum Gasteiger partial charge on any atom is -0.492 e. The molecule has 2 aromatic rings. The zero-order valence-corrected chi connectivity index (χ0v) is 5.40. The van der Waals surface area contributed by atoms with Crippen molar-refractivity contribution >= 4 is 5.78 Å². The van der Waals surface area contributed by atoms with E-state index in [-0.39, 0.29) is 11.7 Å². The van der Waals surface area contributed by atoms with Crippen molar-refractivity contribution in [1.29, 1.82) is 0 Å². The molecule has 0 aliphatic heterocycles. The average molecular weight is 153 g/mol. The Morgan fingerprint density at radius 2 is 2.36 bits per heavy atom. The van der Waals surface area contributed by atoms with Crippen LogP contribution < -0.4 is 0 Å². The van der Waals surface area contributed by atoms with E-state index in [0.29, 0.717) is 0 Å². The summed E-state index contributed by atoms with van der Waals surface area (Å²) in [4.78, 5) is 7.26. The minimum atomic E-state index is -0.497. The fourth-order valence-electron chi connectivity index (χ4n) is 0.852. The van der Waals surface area contributed by atoms with E-state index in [1.165, 1.54) is 12.3 Å². The van der Waals surface area contributed by atoms with E-state index in [9.17, 15) is 4.39 Å². The molecule has 56 valence electrons. The highest BCUT2D eigenvalue weighted by Crippen LogP contribution is 2.08. The van der Waals surface area contributed by atoms with E-state index in [0.717, 1.165) is 10.6 Å². The molecule has 0 aliphatic carbocycles. The number of hydrogen-bond donors (Lipinski definition) is 1. The maximum absolute atomic E-state index is 12.8. The topological polar surface area (TPSA) is 50.4 Å². The molecule has 0 saturated carbocycles. The van der Waals surface area contributed by atoms with Crippen molar-refractivity contribution in [2.45, 2.75) is 0 Å². The lowest BCUT2D eigenvalue weighted by atomic mass is 10.6. The maximum Gasteiger partial charge on any atom is 0.239 e. The first kappa shape index (κ1) is 6.09.